The average molecular weight is 968 g/mol. The lowest BCUT2D eigenvalue weighted by molar-refractivity contribution is -0.136. The molecule has 71 heavy (non-hydrogen) atoms. The van der Waals surface area contributed by atoms with Crippen LogP contribution in [0.15, 0.2) is 54.9 Å². The number of ether oxygens (including phenoxy) is 1. The monoisotopic (exact) mass is 968 g/mol. The third-order valence-corrected chi connectivity index (χ3v) is 16.3. The van der Waals surface area contributed by atoms with E-state index in [-0.39, 0.29) is 42.3 Å². The van der Waals surface area contributed by atoms with Crippen molar-refractivity contribution in [1.82, 2.24) is 34.6 Å². The number of nitrogens with one attached hydrogen (secondary N) is 2. The minimum Gasteiger partial charge on any atom is -0.480 e. The highest BCUT2D eigenvalue weighted by Crippen LogP contribution is 2.41. The fourth-order valence-corrected chi connectivity index (χ4v) is 12.9. The zero-order valence-electron chi connectivity index (χ0n) is 41.4. The van der Waals surface area contributed by atoms with Gasteiger partial charge in [0.2, 0.25) is 17.7 Å². The number of benzene rings is 1. The quantitative estimate of drug-likeness (QED) is 0.187. The lowest BCUT2D eigenvalue weighted by Crippen LogP contribution is -2.62. The smallest absolute Gasteiger partial charge is 0.270 e. The van der Waals surface area contributed by atoms with Crippen LogP contribution in [-0.4, -0.2) is 153 Å². The first kappa shape index (κ1) is 46.8. The lowest BCUT2D eigenvalue weighted by Gasteiger charge is -2.49. The number of pyridine rings is 2. The summed E-state index contributed by atoms with van der Waals surface area (Å²) in [7, 11) is 1.60. The minimum absolute atomic E-state index is 0.0537. The van der Waals surface area contributed by atoms with Gasteiger partial charge in [-0.25, -0.2) is 9.97 Å². The molecule has 11 rings (SSSR count). The van der Waals surface area contributed by atoms with E-state index in [4.69, 9.17) is 14.7 Å². The maximum atomic E-state index is 14.2. The van der Waals surface area contributed by atoms with E-state index in [1.165, 1.54) is 11.3 Å². The van der Waals surface area contributed by atoms with Crippen molar-refractivity contribution in [2.45, 2.75) is 122 Å². The molecule has 6 aliphatic heterocycles. The SMILES string of the molecule is COc1ncc(N2CCC[C@@H](N3CCn4c(cc5c4CC(C)(C)C5)C3=O)[C@H]2C(C)O)cc1Nc1ccc(N2CCN(C3CCN(c4ccc5c(c4)C(=O)N(C4CCC(=O)NC4=O)C5=O)CC3)C[C@@H]2C)cn1. The van der Waals surface area contributed by atoms with Gasteiger partial charge in [-0.15, -0.1) is 0 Å². The third-order valence-electron chi connectivity index (χ3n) is 16.3. The minimum atomic E-state index is -0.984. The Morgan fingerprint density at radius 1 is 0.789 bits per heavy atom. The Balaban J connectivity index is 0.705. The van der Waals surface area contributed by atoms with Crippen LogP contribution in [0.5, 0.6) is 5.88 Å². The van der Waals surface area contributed by atoms with Gasteiger partial charge in [0.05, 0.1) is 60.2 Å². The second kappa shape index (κ2) is 18.3. The van der Waals surface area contributed by atoms with Gasteiger partial charge in [-0.1, -0.05) is 13.8 Å². The molecule has 18 heteroatoms. The normalized spacial score (nSPS) is 25.3. The summed E-state index contributed by atoms with van der Waals surface area (Å²) in [4.78, 5) is 87.3. The predicted octanol–water partition coefficient (Wildman–Crippen LogP) is 4.61. The van der Waals surface area contributed by atoms with E-state index in [9.17, 15) is 29.1 Å². The summed E-state index contributed by atoms with van der Waals surface area (Å²) in [6.45, 7) is 15.1. The van der Waals surface area contributed by atoms with Gasteiger partial charge < -0.3 is 39.3 Å². The number of methoxy groups -OCH3 is 1. The number of nitrogens with zero attached hydrogens (tertiary/aromatic N) is 9. The molecule has 374 valence electrons. The second-order valence-corrected chi connectivity index (χ2v) is 21.5. The molecular weight excluding hydrogens is 903 g/mol. The Labute approximate surface area is 414 Å². The number of aliphatic hydroxyl groups excluding tert-OH is 1. The Kier molecular flexibility index (Phi) is 12.0. The van der Waals surface area contributed by atoms with Crippen LogP contribution >= 0.6 is 0 Å². The van der Waals surface area contributed by atoms with Crippen molar-refractivity contribution in [2.75, 3.05) is 72.9 Å². The summed E-state index contributed by atoms with van der Waals surface area (Å²) in [5.74, 6) is -0.854. The standard InChI is InChI=1S/C53H65N11O7/c1-31-30-59(34-14-17-58(18-15-34)35-8-10-38-39(24-35)51(69)64(50(38)68)42-11-13-46(66)57-48(42)67)19-20-60(31)36-9-12-45(54-28-36)56-40-25-37(29-55-49(40)71-5)61-16-6-7-41(47(61)32(2)65)63-22-21-62-43(52(63)70)23-33-26-53(3,4)27-44(33)62/h8-10,12,23-25,28-29,31-32,34,41-42,47,65H,6-7,11,13-22,26-27,30H2,1-5H3,(H,54,56)(H,57,66,67)/t31-,32?,41+,42?,47+/m0/s1. The molecule has 9 heterocycles. The molecule has 4 fully saturated rings. The van der Waals surface area contributed by atoms with E-state index in [0.29, 0.717) is 41.1 Å². The maximum Gasteiger partial charge on any atom is 0.270 e. The summed E-state index contributed by atoms with van der Waals surface area (Å²) in [6, 6.07) is 12.8. The number of carbonyl (C=O) groups excluding carboxylic acids is 5. The summed E-state index contributed by atoms with van der Waals surface area (Å²) in [5, 5.41) is 17.1. The van der Waals surface area contributed by atoms with Crippen LogP contribution in [0.3, 0.4) is 0 Å². The van der Waals surface area contributed by atoms with E-state index in [1.807, 2.05) is 36.2 Å². The number of fused-ring (bicyclic) bond motifs is 4. The van der Waals surface area contributed by atoms with Crippen molar-refractivity contribution in [3.63, 3.8) is 0 Å². The highest BCUT2D eigenvalue weighted by molar-refractivity contribution is 6.23. The molecule has 5 amide bonds. The van der Waals surface area contributed by atoms with Crippen molar-refractivity contribution in [3.8, 4) is 5.88 Å². The van der Waals surface area contributed by atoms with Gasteiger partial charge in [0.25, 0.3) is 17.7 Å². The van der Waals surface area contributed by atoms with Gasteiger partial charge in [0.1, 0.15) is 23.2 Å². The molecule has 18 nitrogen and oxygen atoms in total. The number of hydrogen-bond acceptors (Lipinski definition) is 14. The van der Waals surface area contributed by atoms with Crippen molar-refractivity contribution < 1.29 is 33.8 Å². The van der Waals surface area contributed by atoms with Crippen LogP contribution < -0.4 is 30.1 Å². The zero-order chi connectivity index (χ0) is 49.5. The molecule has 0 spiro atoms. The number of aromatic nitrogens is 3. The van der Waals surface area contributed by atoms with E-state index in [1.54, 1.807) is 25.4 Å². The molecule has 2 unspecified atom stereocenters. The van der Waals surface area contributed by atoms with Gasteiger partial charge in [0.15, 0.2) is 0 Å². The van der Waals surface area contributed by atoms with Crippen LogP contribution in [0.1, 0.15) is 109 Å². The van der Waals surface area contributed by atoms with Crippen LogP contribution in [0.4, 0.5) is 28.6 Å². The van der Waals surface area contributed by atoms with Crippen LogP contribution in [0, 0.1) is 5.41 Å². The number of hydrogen-bond donors (Lipinski definition) is 3. The number of imide groups is 2. The fourth-order valence-electron chi connectivity index (χ4n) is 12.9. The molecule has 1 aromatic carbocycles. The Morgan fingerprint density at radius 2 is 1.55 bits per heavy atom. The second-order valence-electron chi connectivity index (χ2n) is 21.5. The van der Waals surface area contributed by atoms with E-state index in [2.05, 4.69) is 67.7 Å². The van der Waals surface area contributed by atoms with Crippen molar-refractivity contribution in [2.24, 2.45) is 5.41 Å². The average Bonchev–Trinajstić information content (AvgIpc) is 3.95. The summed E-state index contributed by atoms with van der Waals surface area (Å²) in [6.07, 6.45) is 8.81. The largest absolute Gasteiger partial charge is 0.480 e. The van der Waals surface area contributed by atoms with Gasteiger partial charge >= 0.3 is 0 Å². The van der Waals surface area contributed by atoms with Crippen molar-refractivity contribution in [1.29, 1.82) is 0 Å². The summed E-state index contributed by atoms with van der Waals surface area (Å²) >= 11 is 0. The summed E-state index contributed by atoms with van der Waals surface area (Å²) < 4.78 is 7.98. The Morgan fingerprint density at radius 3 is 2.28 bits per heavy atom. The number of aliphatic hydroxyl groups is 1. The number of anilines is 5. The van der Waals surface area contributed by atoms with E-state index < -0.39 is 35.8 Å². The van der Waals surface area contributed by atoms with Gasteiger partial charge in [-0.05, 0) is 112 Å². The van der Waals surface area contributed by atoms with Crippen molar-refractivity contribution in [3.05, 3.63) is 82.9 Å². The molecular formula is C53H65N11O7. The molecule has 1 aliphatic carbocycles. The number of piperidine rings is 3. The number of rotatable bonds is 10. The number of piperazine rings is 1. The third kappa shape index (κ3) is 8.45. The number of carbonyl (C=O) groups is 5. The lowest BCUT2D eigenvalue weighted by atomic mass is 9.89. The Bertz CT molecular complexity index is 2780. The van der Waals surface area contributed by atoms with E-state index in [0.717, 1.165) is 112 Å². The highest BCUT2D eigenvalue weighted by Gasteiger charge is 2.46. The zero-order valence-corrected chi connectivity index (χ0v) is 41.4. The molecule has 5 atom stereocenters. The topological polar surface area (TPSA) is 189 Å². The van der Waals surface area contributed by atoms with Gasteiger partial charge in [-0.3, -0.25) is 39.1 Å². The molecule has 4 aromatic rings. The highest BCUT2D eigenvalue weighted by atomic mass is 16.5. The van der Waals surface area contributed by atoms with Crippen LogP contribution in [-0.2, 0) is 29.0 Å². The molecule has 0 saturated carbocycles. The maximum absolute atomic E-state index is 14.2. The molecule has 7 aliphatic rings. The first-order valence-electron chi connectivity index (χ1n) is 25.5. The van der Waals surface area contributed by atoms with Crippen LogP contribution in [0.2, 0.25) is 0 Å². The Hall–Kier alpha value is -6.53. The van der Waals surface area contributed by atoms with Crippen LogP contribution in [0.25, 0.3) is 0 Å². The van der Waals surface area contributed by atoms with Gasteiger partial charge in [-0.2, -0.15) is 0 Å². The first-order chi connectivity index (χ1) is 34.2. The first-order valence-corrected chi connectivity index (χ1v) is 25.5. The number of amides is 5. The molecule has 3 N–H and O–H groups in total. The fraction of sp³-hybridized carbons (Fsp3) is 0.528. The van der Waals surface area contributed by atoms with Gasteiger partial charge in [0, 0.05) is 82.2 Å². The molecule has 0 bridgehead atoms. The van der Waals surface area contributed by atoms with Crippen molar-refractivity contribution >= 4 is 58.1 Å². The van der Waals surface area contributed by atoms with E-state index >= 15 is 0 Å². The predicted molar refractivity (Wildman–Crippen MR) is 268 cm³/mol. The molecule has 0 radical (unpaired) electrons. The molecule has 4 saturated heterocycles. The summed E-state index contributed by atoms with van der Waals surface area (Å²) in [5.41, 5.74) is 7.62. The molecule has 3 aromatic heterocycles.